The van der Waals surface area contributed by atoms with Gasteiger partial charge in [-0.25, -0.2) is 8.78 Å². The van der Waals surface area contributed by atoms with Gasteiger partial charge in [-0.05, 0) is 50.4 Å². The molecular formula is C26H31F2N3O3. The fraction of sp³-hybridized carbons (Fsp3) is 0.462. The quantitative estimate of drug-likeness (QED) is 0.538. The topological polar surface area (TPSA) is 79.5 Å². The van der Waals surface area contributed by atoms with E-state index in [4.69, 9.17) is 4.74 Å². The molecule has 4 rings (SSSR count). The second kappa shape index (κ2) is 10.1. The minimum atomic E-state index is -2.71. The van der Waals surface area contributed by atoms with Crippen LogP contribution in [0.4, 0.5) is 8.78 Å². The van der Waals surface area contributed by atoms with Crippen molar-refractivity contribution in [2.75, 3.05) is 26.7 Å². The third-order valence-electron chi connectivity index (χ3n) is 6.76. The molecule has 0 radical (unpaired) electrons. The van der Waals surface area contributed by atoms with Crippen LogP contribution in [0.3, 0.4) is 0 Å². The molecule has 0 bridgehead atoms. The number of hydrogen-bond acceptors (Lipinski definition) is 4. The van der Waals surface area contributed by atoms with Crippen molar-refractivity contribution in [1.82, 2.24) is 16.0 Å². The van der Waals surface area contributed by atoms with Gasteiger partial charge in [0.15, 0.2) is 0 Å². The number of hydrogen-bond donors (Lipinski definition) is 3. The van der Waals surface area contributed by atoms with Crippen molar-refractivity contribution in [3.63, 3.8) is 0 Å². The fourth-order valence-electron chi connectivity index (χ4n) is 4.96. The SMILES string of the molecule is CNC(=O)c1cc(C(=O)NCCC[C@H]2CCNCC2(F)F)cc2c1O[C@@H](C)[C@@H]2c1ccccc1. The van der Waals surface area contributed by atoms with Crippen LogP contribution in [-0.2, 0) is 0 Å². The van der Waals surface area contributed by atoms with E-state index in [2.05, 4.69) is 16.0 Å². The number of alkyl halides is 2. The summed E-state index contributed by atoms with van der Waals surface area (Å²) < 4.78 is 34.1. The molecule has 2 aliphatic heterocycles. The number of amides is 2. The average Bonchev–Trinajstić information content (AvgIpc) is 3.17. The summed E-state index contributed by atoms with van der Waals surface area (Å²) in [4.78, 5) is 25.6. The Morgan fingerprint density at radius 3 is 2.65 bits per heavy atom. The minimum absolute atomic E-state index is 0.116. The molecule has 2 heterocycles. The van der Waals surface area contributed by atoms with Crippen LogP contribution >= 0.6 is 0 Å². The van der Waals surface area contributed by atoms with E-state index in [1.54, 1.807) is 6.07 Å². The number of carbonyl (C=O) groups is 2. The molecule has 34 heavy (non-hydrogen) atoms. The third-order valence-corrected chi connectivity index (χ3v) is 6.76. The molecule has 182 valence electrons. The number of rotatable bonds is 7. The van der Waals surface area contributed by atoms with Gasteiger partial charge in [-0.1, -0.05) is 30.3 Å². The van der Waals surface area contributed by atoms with E-state index >= 15 is 0 Å². The molecule has 6 nitrogen and oxygen atoms in total. The smallest absolute Gasteiger partial charge is 0.263 e. The van der Waals surface area contributed by atoms with Gasteiger partial charge in [0.1, 0.15) is 11.9 Å². The lowest BCUT2D eigenvalue weighted by molar-refractivity contribution is -0.0762. The van der Waals surface area contributed by atoms with Crippen molar-refractivity contribution < 1.29 is 23.1 Å². The van der Waals surface area contributed by atoms with Gasteiger partial charge in [-0.3, -0.25) is 9.59 Å². The summed E-state index contributed by atoms with van der Waals surface area (Å²) in [5.41, 5.74) is 2.49. The second-order valence-electron chi connectivity index (χ2n) is 9.05. The molecule has 0 aromatic heterocycles. The number of nitrogens with one attached hydrogen (secondary N) is 3. The van der Waals surface area contributed by atoms with Gasteiger partial charge < -0.3 is 20.7 Å². The molecular weight excluding hydrogens is 440 g/mol. The van der Waals surface area contributed by atoms with Gasteiger partial charge in [0.05, 0.1) is 12.1 Å². The predicted octanol–water partition coefficient (Wildman–Crippen LogP) is 3.71. The average molecular weight is 472 g/mol. The summed E-state index contributed by atoms with van der Waals surface area (Å²) in [6.45, 7) is 2.54. The molecule has 8 heteroatoms. The minimum Gasteiger partial charge on any atom is -0.489 e. The van der Waals surface area contributed by atoms with Gasteiger partial charge in [-0.2, -0.15) is 0 Å². The molecule has 0 saturated carbocycles. The number of ether oxygens (including phenoxy) is 1. The zero-order chi connectivity index (χ0) is 24.3. The standard InChI is InChI=1S/C26H31F2N3O3/c1-16-22(17-7-4-3-5-8-17)20-13-18(14-21(23(20)34-16)25(33)29-2)24(32)31-11-6-9-19-10-12-30-15-26(19,27)28/h3-5,7-8,13-14,16,19,22,30H,6,9-12,15H2,1-2H3,(H,29,33)(H,31,32)/t16-,19-,22+/m0/s1. The van der Waals surface area contributed by atoms with E-state index < -0.39 is 11.8 Å². The fourth-order valence-corrected chi connectivity index (χ4v) is 4.96. The first-order valence-corrected chi connectivity index (χ1v) is 11.8. The van der Waals surface area contributed by atoms with Crippen molar-refractivity contribution >= 4 is 11.8 Å². The Kier molecular flexibility index (Phi) is 7.16. The summed E-state index contributed by atoms with van der Waals surface area (Å²) in [5.74, 6) is -3.68. The second-order valence-corrected chi connectivity index (χ2v) is 9.05. The highest BCUT2D eigenvalue weighted by atomic mass is 19.3. The predicted molar refractivity (Wildman–Crippen MR) is 126 cm³/mol. The van der Waals surface area contributed by atoms with Crippen LogP contribution in [0.2, 0.25) is 0 Å². The molecule has 2 aromatic carbocycles. The lowest BCUT2D eigenvalue weighted by Crippen LogP contribution is -2.46. The monoisotopic (exact) mass is 471 g/mol. The van der Waals surface area contributed by atoms with Crippen molar-refractivity contribution in [3.05, 3.63) is 64.7 Å². The van der Waals surface area contributed by atoms with Crippen molar-refractivity contribution in [1.29, 1.82) is 0 Å². The highest BCUT2D eigenvalue weighted by Crippen LogP contribution is 2.45. The van der Waals surface area contributed by atoms with Gasteiger partial charge in [-0.15, -0.1) is 0 Å². The molecule has 0 aliphatic carbocycles. The maximum absolute atomic E-state index is 14.0. The maximum atomic E-state index is 14.0. The van der Waals surface area contributed by atoms with Crippen molar-refractivity contribution in [2.45, 2.75) is 44.1 Å². The third kappa shape index (κ3) is 4.92. The van der Waals surface area contributed by atoms with Gasteiger partial charge in [0.25, 0.3) is 17.7 Å². The number of piperidine rings is 1. The van der Waals surface area contributed by atoms with Gasteiger partial charge >= 0.3 is 0 Å². The van der Waals surface area contributed by atoms with Crippen LogP contribution in [0, 0.1) is 5.92 Å². The van der Waals surface area contributed by atoms with Crippen LogP contribution in [-0.4, -0.2) is 50.5 Å². The van der Waals surface area contributed by atoms with Crippen LogP contribution in [0.15, 0.2) is 42.5 Å². The van der Waals surface area contributed by atoms with E-state index in [1.807, 2.05) is 37.3 Å². The Labute approximate surface area is 198 Å². The number of benzene rings is 2. The lowest BCUT2D eigenvalue weighted by Gasteiger charge is -2.31. The van der Waals surface area contributed by atoms with E-state index in [1.165, 1.54) is 13.1 Å². The first kappa shape index (κ1) is 24.1. The summed E-state index contributed by atoms with van der Waals surface area (Å²) in [5, 5.41) is 8.18. The van der Waals surface area contributed by atoms with E-state index in [0.717, 1.165) is 11.1 Å². The maximum Gasteiger partial charge on any atom is 0.263 e. The van der Waals surface area contributed by atoms with Gasteiger partial charge in [0, 0.05) is 36.6 Å². The Bertz CT molecular complexity index is 1050. The van der Waals surface area contributed by atoms with E-state index in [9.17, 15) is 18.4 Å². The molecule has 2 aliphatic rings. The molecule has 1 saturated heterocycles. The largest absolute Gasteiger partial charge is 0.489 e. The van der Waals surface area contributed by atoms with Crippen molar-refractivity contribution in [2.24, 2.45) is 5.92 Å². The Balaban J connectivity index is 1.51. The zero-order valence-electron chi connectivity index (χ0n) is 19.5. The van der Waals surface area contributed by atoms with Crippen molar-refractivity contribution in [3.8, 4) is 5.75 Å². The molecule has 0 spiro atoms. The molecule has 2 aromatic rings. The Morgan fingerprint density at radius 2 is 1.94 bits per heavy atom. The number of fused-ring (bicyclic) bond motifs is 1. The number of halogens is 2. The first-order valence-electron chi connectivity index (χ1n) is 11.8. The molecule has 0 unspecified atom stereocenters. The normalized spacial score (nSPS) is 23.0. The lowest BCUT2D eigenvalue weighted by atomic mass is 9.87. The molecule has 3 atom stereocenters. The Morgan fingerprint density at radius 1 is 1.18 bits per heavy atom. The highest BCUT2D eigenvalue weighted by molar-refractivity contribution is 6.02. The summed E-state index contributed by atoms with van der Waals surface area (Å²) in [7, 11) is 1.53. The summed E-state index contributed by atoms with van der Waals surface area (Å²) in [6.07, 6.45) is 1.04. The van der Waals surface area contributed by atoms with Crippen LogP contribution in [0.25, 0.3) is 0 Å². The van der Waals surface area contributed by atoms with E-state index in [-0.39, 0.29) is 30.4 Å². The first-order chi connectivity index (χ1) is 16.3. The van der Waals surface area contributed by atoms with E-state index in [0.29, 0.717) is 49.2 Å². The highest BCUT2D eigenvalue weighted by Gasteiger charge is 2.41. The molecule has 1 fully saturated rings. The summed E-state index contributed by atoms with van der Waals surface area (Å²) >= 11 is 0. The summed E-state index contributed by atoms with van der Waals surface area (Å²) in [6, 6.07) is 13.1. The molecule has 3 N–H and O–H groups in total. The van der Waals surface area contributed by atoms with Gasteiger partial charge in [0.2, 0.25) is 0 Å². The van der Waals surface area contributed by atoms with Crippen LogP contribution in [0.1, 0.15) is 63.9 Å². The number of carbonyl (C=O) groups excluding carboxylic acids is 2. The zero-order valence-corrected chi connectivity index (χ0v) is 19.5. The van der Waals surface area contributed by atoms with Crippen LogP contribution < -0.4 is 20.7 Å². The Hall–Kier alpha value is -3.00. The molecule has 2 amide bonds. The van der Waals surface area contributed by atoms with Crippen LogP contribution in [0.5, 0.6) is 5.75 Å².